The molecule has 0 bridgehead atoms. The molecule has 1 N–H and O–H groups in total. The van der Waals surface area contributed by atoms with Gasteiger partial charge in [-0.15, -0.1) is 0 Å². The highest BCUT2D eigenvalue weighted by Crippen LogP contribution is 2.28. The Kier molecular flexibility index (Phi) is 5.50. The number of amides is 1. The highest BCUT2D eigenvalue weighted by molar-refractivity contribution is 9.10. The van der Waals surface area contributed by atoms with Gasteiger partial charge in [0.2, 0.25) is 0 Å². The van der Waals surface area contributed by atoms with Crippen molar-refractivity contribution < 1.29 is 14.3 Å². The van der Waals surface area contributed by atoms with E-state index in [-0.39, 0.29) is 27.9 Å². The molecule has 0 saturated heterocycles. The highest BCUT2D eigenvalue weighted by Gasteiger charge is 2.21. The van der Waals surface area contributed by atoms with Crippen LogP contribution in [-0.4, -0.2) is 27.9 Å². The van der Waals surface area contributed by atoms with Gasteiger partial charge in [0.1, 0.15) is 4.60 Å². The maximum atomic E-state index is 12.6. The lowest BCUT2D eigenvalue weighted by Crippen LogP contribution is -2.14. The number of rotatable bonds is 4. The molecule has 0 saturated carbocycles. The van der Waals surface area contributed by atoms with Crippen molar-refractivity contribution >= 4 is 62.3 Å². The lowest BCUT2D eigenvalue weighted by molar-refractivity contribution is 0.0519. The van der Waals surface area contributed by atoms with Crippen molar-refractivity contribution in [2.75, 3.05) is 11.9 Å². The van der Waals surface area contributed by atoms with Crippen LogP contribution in [0.2, 0.25) is 10.0 Å². The minimum atomic E-state index is -0.561. The van der Waals surface area contributed by atoms with E-state index in [1.54, 1.807) is 47.9 Å². The fraction of sp³-hybridized carbons (Fsp3) is 0.118. The molecule has 26 heavy (non-hydrogen) atoms. The summed E-state index contributed by atoms with van der Waals surface area (Å²) in [6, 6.07) is 8.17. The number of anilines is 1. The molecule has 0 aliphatic rings. The van der Waals surface area contributed by atoms with Crippen molar-refractivity contribution in [3.63, 3.8) is 0 Å². The molecule has 3 rings (SSSR count). The fourth-order valence-corrected chi connectivity index (χ4v) is 3.47. The molecule has 134 valence electrons. The summed E-state index contributed by atoms with van der Waals surface area (Å²) >= 11 is 15.5. The number of halogens is 3. The summed E-state index contributed by atoms with van der Waals surface area (Å²) in [7, 11) is 0. The van der Waals surface area contributed by atoms with Gasteiger partial charge in [-0.1, -0.05) is 29.3 Å². The van der Waals surface area contributed by atoms with Crippen LogP contribution in [0.25, 0.3) is 5.65 Å². The minimum absolute atomic E-state index is 0.115. The van der Waals surface area contributed by atoms with Crippen LogP contribution >= 0.6 is 39.1 Å². The number of ether oxygens (including phenoxy) is 1. The molecule has 3 aromatic rings. The van der Waals surface area contributed by atoms with Crippen LogP contribution < -0.4 is 5.32 Å². The number of nitrogens with one attached hydrogen (secondary N) is 1. The standard InChI is InChI=1S/C17H12BrCl2N3O3/c1-2-26-17(25)13-14(18)23-8-4-7-11(15(23)22-13)21-16(24)12-9(19)5-3-6-10(12)20/h3-8H,2H2,1H3,(H,21,24). The number of carbonyl (C=O) groups is 2. The molecule has 0 radical (unpaired) electrons. The van der Waals surface area contributed by atoms with Crippen molar-refractivity contribution in [3.8, 4) is 0 Å². The number of aromatic nitrogens is 2. The number of fused-ring (bicyclic) bond motifs is 1. The largest absolute Gasteiger partial charge is 0.461 e. The number of esters is 1. The van der Waals surface area contributed by atoms with Crippen molar-refractivity contribution in [1.82, 2.24) is 9.38 Å². The van der Waals surface area contributed by atoms with E-state index in [9.17, 15) is 9.59 Å². The second kappa shape index (κ2) is 7.65. The molecule has 2 aromatic heterocycles. The molecule has 6 nitrogen and oxygen atoms in total. The quantitative estimate of drug-likeness (QED) is 0.570. The van der Waals surface area contributed by atoms with Gasteiger partial charge in [-0.05, 0) is 47.1 Å². The van der Waals surface area contributed by atoms with Gasteiger partial charge in [-0.2, -0.15) is 0 Å². The zero-order valence-corrected chi connectivity index (χ0v) is 16.5. The Labute approximate surface area is 167 Å². The SMILES string of the molecule is CCOC(=O)c1nc2c(NC(=O)c3c(Cl)cccc3Cl)cccn2c1Br. The second-order valence-corrected chi connectivity index (χ2v) is 6.70. The summed E-state index contributed by atoms with van der Waals surface area (Å²) in [5.74, 6) is -1.04. The summed E-state index contributed by atoms with van der Waals surface area (Å²) < 4.78 is 7.04. The Hall–Kier alpha value is -2.09. The predicted octanol–water partition coefficient (Wildman–Crippen LogP) is 4.83. The number of carbonyl (C=O) groups excluding carboxylic acids is 2. The first kappa shape index (κ1) is 18.7. The maximum Gasteiger partial charge on any atom is 0.359 e. The minimum Gasteiger partial charge on any atom is -0.461 e. The van der Waals surface area contributed by atoms with E-state index in [2.05, 4.69) is 26.2 Å². The third kappa shape index (κ3) is 3.42. The molecule has 9 heteroatoms. The summed E-state index contributed by atoms with van der Waals surface area (Å²) in [4.78, 5) is 28.9. The molecule has 0 unspecified atom stereocenters. The predicted molar refractivity (Wildman–Crippen MR) is 103 cm³/mol. The number of nitrogens with zero attached hydrogens (tertiary/aromatic N) is 2. The Bertz CT molecular complexity index is 1000. The number of hydrogen-bond acceptors (Lipinski definition) is 4. The van der Waals surface area contributed by atoms with Crippen LogP contribution in [0.5, 0.6) is 0 Å². The normalized spacial score (nSPS) is 10.8. The van der Waals surface area contributed by atoms with Gasteiger partial charge < -0.3 is 10.1 Å². The van der Waals surface area contributed by atoms with Gasteiger partial charge in [-0.3, -0.25) is 9.20 Å². The molecule has 0 aliphatic heterocycles. The maximum absolute atomic E-state index is 12.6. The summed E-state index contributed by atoms with van der Waals surface area (Å²) in [6.07, 6.45) is 1.70. The van der Waals surface area contributed by atoms with E-state index < -0.39 is 11.9 Å². The van der Waals surface area contributed by atoms with Gasteiger partial charge in [0.25, 0.3) is 5.91 Å². The van der Waals surface area contributed by atoms with Crippen molar-refractivity contribution in [1.29, 1.82) is 0 Å². The van der Waals surface area contributed by atoms with Crippen LogP contribution in [0.4, 0.5) is 5.69 Å². The Morgan fingerprint density at radius 3 is 2.58 bits per heavy atom. The van der Waals surface area contributed by atoms with Gasteiger partial charge in [0.05, 0.1) is 27.9 Å². The molecule has 0 atom stereocenters. The van der Waals surface area contributed by atoms with Crippen LogP contribution in [0.3, 0.4) is 0 Å². The zero-order valence-electron chi connectivity index (χ0n) is 13.4. The van der Waals surface area contributed by atoms with E-state index in [0.29, 0.717) is 15.9 Å². The van der Waals surface area contributed by atoms with Gasteiger partial charge in [-0.25, -0.2) is 9.78 Å². The summed E-state index contributed by atoms with van der Waals surface area (Å²) in [5.41, 5.74) is 1.04. The molecular formula is C17H12BrCl2N3O3. The second-order valence-electron chi connectivity index (χ2n) is 5.14. The number of imidazole rings is 1. The number of hydrogen-bond donors (Lipinski definition) is 1. The van der Waals surface area contributed by atoms with E-state index in [4.69, 9.17) is 27.9 Å². The first-order chi connectivity index (χ1) is 12.4. The van der Waals surface area contributed by atoms with Gasteiger partial charge in [0, 0.05) is 6.20 Å². The number of pyridine rings is 1. The molecule has 1 amide bonds. The molecule has 2 heterocycles. The van der Waals surface area contributed by atoms with Crippen molar-refractivity contribution in [3.05, 3.63) is 62.4 Å². The van der Waals surface area contributed by atoms with Gasteiger partial charge in [0.15, 0.2) is 11.3 Å². The molecular weight excluding hydrogens is 445 g/mol. The molecule has 1 aromatic carbocycles. The molecule has 0 fully saturated rings. The Morgan fingerprint density at radius 2 is 1.92 bits per heavy atom. The molecule has 0 spiro atoms. The fourth-order valence-electron chi connectivity index (χ4n) is 2.37. The van der Waals surface area contributed by atoms with E-state index in [1.807, 2.05) is 0 Å². The van der Waals surface area contributed by atoms with Crippen LogP contribution in [0, 0.1) is 0 Å². The first-order valence-electron chi connectivity index (χ1n) is 7.53. The summed E-state index contributed by atoms with van der Waals surface area (Å²) in [6.45, 7) is 1.94. The monoisotopic (exact) mass is 455 g/mol. The van der Waals surface area contributed by atoms with Crippen molar-refractivity contribution in [2.24, 2.45) is 0 Å². The van der Waals surface area contributed by atoms with Gasteiger partial charge >= 0.3 is 5.97 Å². The topological polar surface area (TPSA) is 72.7 Å². The first-order valence-corrected chi connectivity index (χ1v) is 9.08. The van der Waals surface area contributed by atoms with E-state index >= 15 is 0 Å². The van der Waals surface area contributed by atoms with E-state index in [0.717, 1.165) is 0 Å². The average Bonchev–Trinajstić information content (AvgIpc) is 2.93. The lowest BCUT2D eigenvalue weighted by atomic mass is 10.2. The number of benzene rings is 1. The highest BCUT2D eigenvalue weighted by atomic mass is 79.9. The van der Waals surface area contributed by atoms with Crippen LogP contribution in [0.1, 0.15) is 27.8 Å². The Balaban J connectivity index is 2.02. The lowest BCUT2D eigenvalue weighted by Gasteiger charge is -2.09. The van der Waals surface area contributed by atoms with E-state index in [1.165, 1.54) is 0 Å². The third-order valence-electron chi connectivity index (χ3n) is 3.50. The summed E-state index contributed by atoms with van der Waals surface area (Å²) in [5, 5.41) is 3.20. The Morgan fingerprint density at radius 1 is 1.23 bits per heavy atom. The molecule has 0 aliphatic carbocycles. The third-order valence-corrected chi connectivity index (χ3v) is 4.89. The van der Waals surface area contributed by atoms with Crippen molar-refractivity contribution in [2.45, 2.75) is 6.92 Å². The smallest absolute Gasteiger partial charge is 0.359 e. The van der Waals surface area contributed by atoms with Crippen LogP contribution in [-0.2, 0) is 4.74 Å². The average molecular weight is 457 g/mol. The van der Waals surface area contributed by atoms with Crippen LogP contribution in [0.15, 0.2) is 41.1 Å². The zero-order chi connectivity index (χ0) is 18.8.